The average Bonchev–Trinajstić information content (AvgIpc) is 3.22. The van der Waals surface area contributed by atoms with E-state index in [1.54, 1.807) is 24.4 Å². The highest BCUT2D eigenvalue weighted by atomic mass is 19.1. The fraction of sp³-hybridized carbons (Fsp3) is 0.222. The van der Waals surface area contributed by atoms with Gasteiger partial charge in [-0.05, 0) is 30.7 Å². The van der Waals surface area contributed by atoms with Gasteiger partial charge < -0.3 is 14.3 Å². The van der Waals surface area contributed by atoms with Gasteiger partial charge in [0, 0.05) is 31.4 Å². The molecule has 1 aromatic carbocycles. The molecular weight excluding hydrogens is 309 g/mol. The fourth-order valence-corrected chi connectivity index (χ4v) is 2.48. The molecule has 0 atom stereocenters. The zero-order chi connectivity index (χ0) is 16.9. The van der Waals surface area contributed by atoms with Gasteiger partial charge in [-0.3, -0.25) is 4.79 Å². The number of carbonyl (C=O) groups excluding carboxylic acids is 1. The lowest BCUT2D eigenvalue weighted by atomic mass is 10.2. The summed E-state index contributed by atoms with van der Waals surface area (Å²) in [4.78, 5) is 16.3. The molecule has 124 valence electrons. The molecule has 0 saturated carbocycles. The number of aryl methyl sites for hydroxylation is 1. The van der Waals surface area contributed by atoms with Crippen molar-refractivity contribution in [2.45, 2.75) is 19.9 Å². The minimum absolute atomic E-state index is 0.169. The van der Waals surface area contributed by atoms with E-state index >= 15 is 0 Å². The SMILES string of the molecule is Cc1cnc(CCNC(=O)c2ccoc2)n1Cc1ccc(F)cc1. The van der Waals surface area contributed by atoms with Crippen molar-refractivity contribution in [3.8, 4) is 0 Å². The van der Waals surface area contributed by atoms with Gasteiger partial charge in [-0.15, -0.1) is 0 Å². The zero-order valence-corrected chi connectivity index (χ0v) is 13.3. The van der Waals surface area contributed by atoms with Crippen LogP contribution in [-0.2, 0) is 13.0 Å². The van der Waals surface area contributed by atoms with E-state index in [1.165, 1.54) is 24.7 Å². The summed E-state index contributed by atoms with van der Waals surface area (Å²) in [6.45, 7) is 3.07. The Morgan fingerprint density at radius 2 is 2.08 bits per heavy atom. The fourth-order valence-electron chi connectivity index (χ4n) is 2.48. The largest absolute Gasteiger partial charge is 0.472 e. The maximum Gasteiger partial charge on any atom is 0.254 e. The van der Waals surface area contributed by atoms with Crippen molar-refractivity contribution in [3.05, 3.63) is 77.5 Å². The number of hydrogen-bond donors (Lipinski definition) is 1. The van der Waals surface area contributed by atoms with E-state index in [2.05, 4.69) is 14.9 Å². The van der Waals surface area contributed by atoms with Crippen molar-refractivity contribution in [3.63, 3.8) is 0 Å². The number of carbonyl (C=O) groups is 1. The van der Waals surface area contributed by atoms with Gasteiger partial charge in [0.05, 0.1) is 11.8 Å². The Morgan fingerprint density at radius 1 is 1.29 bits per heavy atom. The number of nitrogens with zero attached hydrogens (tertiary/aromatic N) is 2. The number of furan rings is 1. The summed E-state index contributed by atoms with van der Waals surface area (Å²) >= 11 is 0. The summed E-state index contributed by atoms with van der Waals surface area (Å²) in [5.41, 5.74) is 2.53. The predicted octanol–water partition coefficient (Wildman–Crippen LogP) is 2.94. The molecule has 3 rings (SSSR count). The quantitative estimate of drug-likeness (QED) is 0.757. The standard InChI is InChI=1S/C18H18FN3O2/c1-13-10-21-17(6-8-20-18(23)15-7-9-24-12-15)22(13)11-14-2-4-16(19)5-3-14/h2-5,7,9-10,12H,6,8,11H2,1H3,(H,20,23). The Balaban J connectivity index is 1.62. The van der Waals surface area contributed by atoms with Crippen molar-refractivity contribution in [2.75, 3.05) is 6.54 Å². The number of aromatic nitrogens is 2. The molecule has 0 unspecified atom stereocenters. The highest BCUT2D eigenvalue weighted by molar-refractivity contribution is 5.93. The Morgan fingerprint density at radius 3 is 2.79 bits per heavy atom. The lowest BCUT2D eigenvalue weighted by Gasteiger charge is -2.11. The number of rotatable bonds is 6. The molecule has 0 aliphatic heterocycles. The molecule has 2 aromatic heterocycles. The van der Waals surface area contributed by atoms with Gasteiger partial charge in [0.2, 0.25) is 0 Å². The molecule has 24 heavy (non-hydrogen) atoms. The summed E-state index contributed by atoms with van der Waals surface area (Å²) in [5, 5.41) is 2.84. The highest BCUT2D eigenvalue weighted by Gasteiger charge is 2.10. The molecule has 0 bridgehead atoms. The molecule has 0 saturated heterocycles. The molecule has 6 heteroatoms. The first-order chi connectivity index (χ1) is 11.6. The number of benzene rings is 1. The smallest absolute Gasteiger partial charge is 0.254 e. The van der Waals surface area contributed by atoms with Gasteiger partial charge >= 0.3 is 0 Å². The van der Waals surface area contributed by atoms with Crippen LogP contribution in [0.15, 0.2) is 53.5 Å². The van der Waals surface area contributed by atoms with E-state index in [4.69, 9.17) is 4.42 Å². The molecule has 1 N–H and O–H groups in total. The summed E-state index contributed by atoms with van der Waals surface area (Å²) < 4.78 is 20.0. The van der Waals surface area contributed by atoms with Crippen LogP contribution in [0.3, 0.4) is 0 Å². The lowest BCUT2D eigenvalue weighted by Crippen LogP contribution is -2.26. The first kappa shape index (κ1) is 16.0. The van der Waals surface area contributed by atoms with Crippen molar-refractivity contribution >= 4 is 5.91 Å². The summed E-state index contributed by atoms with van der Waals surface area (Å²) in [7, 11) is 0. The Hall–Kier alpha value is -2.89. The monoisotopic (exact) mass is 327 g/mol. The third-order valence-electron chi connectivity index (χ3n) is 3.81. The van der Waals surface area contributed by atoms with Crippen LogP contribution in [0.4, 0.5) is 4.39 Å². The normalized spacial score (nSPS) is 10.8. The van der Waals surface area contributed by atoms with E-state index in [1.807, 2.05) is 6.92 Å². The zero-order valence-electron chi connectivity index (χ0n) is 13.3. The molecule has 0 radical (unpaired) electrons. The third kappa shape index (κ3) is 3.71. The van der Waals surface area contributed by atoms with Gasteiger partial charge in [0.15, 0.2) is 0 Å². The number of halogens is 1. The van der Waals surface area contributed by atoms with E-state index in [0.29, 0.717) is 25.1 Å². The molecular formula is C18H18FN3O2. The van der Waals surface area contributed by atoms with Crippen molar-refractivity contribution in [1.29, 1.82) is 0 Å². The summed E-state index contributed by atoms with van der Waals surface area (Å²) in [6, 6.07) is 8.05. The minimum Gasteiger partial charge on any atom is -0.472 e. The van der Waals surface area contributed by atoms with Crippen LogP contribution in [0.1, 0.15) is 27.4 Å². The van der Waals surface area contributed by atoms with Crippen LogP contribution in [-0.4, -0.2) is 22.0 Å². The summed E-state index contributed by atoms with van der Waals surface area (Å²) in [6.07, 6.45) is 5.29. The Labute approximate surface area is 139 Å². The molecule has 0 spiro atoms. The second-order valence-corrected chi connectivity index (χ2v) is 5.55. The average molecular weight is 327 g/mol. The van der Waals surface area contributed by atoms with E-state index in [0.717, 1.165) is 17.1 Å². The van der Waals surface area contributed by atoms with E-state index in [-0.39, 0.29) is 11.7 Å². The molecule has 0 aliphatic rings. The second kappa shape index (κ2) is 7.12. The topological polar surface area (TPSA) is 60.1 Å². The van der Waals surface area contributed by atoms with Crippen LogP contribution >= 0.6 is 0 Å². The van der Waals surface area contributed by atoms with Crippen molar-refractivity contribution in [2.24, 2.45) is 0 Å². The van der Waals surface area contributed by atoms with Crippen LogP contribution in [0.2, 0.25) is 0 Å². The van der Waals surface area contributed by atoms with Crippen molar-refractivity contribution in [1.82, 2.24) is 14.9 Å². The van der Waals surface area contributed by atoms with Crippen LogP contribution in [0, 0.1) is 12.7 Å². The molecule has 0 fully saturated rings. The maximum atomic E-state index is 13.0. The van der Waals surface area contributed by atoms with Gasteiger partial charge in [-0.1, -0.05) is 12.1 Å². The third-order valence-corrected chi connectivity index (χ3v) is 3.81. The Bertz CT molecular complexity index is 807. The molecule has 3 aromatic rings. The van der Waals surface area contributed by atoms with Gasteiger partial charge in [0.25, 0.3) is 5.91 Å². The van der Waals surface area contributed by atoms with Crippen LogP contribution < -0.4 is 5.32 Å². The van der Waals surface area contributed by atoms with E-state index in [9.17, 15) is 9.18 Å². The first-order valence-electron chi connectivity index (χ1n) is 7.69. The van der Waals surface area contributed by atoms with Crippen LogP contribution in [0.25, 0.3) is 0 Å². The number of hydrogen-bond acceptors (Lipinski definition) is 3. The molecule has 5 nitrogen and oxygen atoms in total. The molecule has 0 aliphatic carbocycles. The lowest BCUT2D eigenvalue weighted by molar-refractivity contribution is 0.0953. The number of amides is 1. The summed E-state index contributed by atoms with van der Waals surface area (Å²) in [5.74, 6) is 0.463. The molecule has 1 amide bonds. The van der Waals surface area contributed by atoms with Gasteiger partial charge in [-0.25, -0.2) is 9.37 Å². The Kier molecular flexibility index (Phi) is 4.74. The molecule has 2 heterocycles. The number of imidazole rings is 1. The van der Waals surface area contributed by atoms with Crippen molar-refractivity contribution < 1.29 is 13.6 Å². The van der Waals surface area contributed by atoms with Crippen LogP contribution in [0.5, 0.6) is 0 Å². The predicted molar refractivity (Wildman–Crippen MR) is 87.2 cm³/mol. The second-order valence-electron chi connectivity index (χ2n) is 5.55. The van der Waals surface area contributed by atoms with E-state index < -0.39 is 0 Å². The first-order valence-corrected chi connectivity index (χ1v) is 7.69. The van der Waals surface area contributed by atoms with Gasteiger partial charge in [0.1, 0.15) is 17.9 Å². The van der Waals surface area contributed by atoms with Gasteiger partial charge in [-0.2, -0.15) is 0 Å². The number of nitrogens with one attached hydrogen (secondary N) is 1. The minimum atomic E-state index is -0.247. The maximum absolute atomic E-state index is 13.0. The highest BCUT2D eigenvalue weighted by Crippen LogP contribution is 2.11.